The molecule has 2 N–H and O–H groups in total. The lowest BCUT2D eigenvalue weighted by atomic mass is 10.1. The van der Waals surface area contributed by atoms with Crippen LogP contribution in [-0.2, 0) is 19.6 Å². The van der Waals surface area contributed by atoms with Crippen molar-refractivity contribution in [3.63, 3.8) is 0 Å². The molecule has 1 amide bonds. The smallest absolute Gasteiger partial charge is 0.330 e. The second-order valence-corrected chi connectivity index (χ2v) is 6.99. The summed E-state index contributed by atoms with van der Waals surface area (Å²) in [5, 5.41) is 2.21. The van der Waals surface area contributed by atoms with Gasteiger partial charge in [0.05, 0.1) is 23.6 Å². The normalized spacial score (nSPS) is 14.5. The minimum Gasteiger partial charge on any atom is -0.466 e. The van der Waals surface area contributed by atoms with E-state index in [0.29, 0.717) is 12.8 Å². The predicted molar refractivity (Wildman–Crippen MR) is 85.5 cm³/mol. The van der Waals surface area contributed by atoms with Gasteiger partial charge in [0.1, 0.15) is 0 Å². The van der Waals surface area contributed by atoms with Crippen molar-refractivity contribution < 1.29 is 22.7 Å². The maximum atomic E-state index is 12.2. The molecule has 1 aliphatic carbocycles. The third-order valence-electron chi connectivity index (χ3n) is 3.22. The minimum absolute atomic E-state index is 0.123. The van der Waals surface area contributed by atoms with Crippen LogP contribution in [0, 0.1) is 0 Å². The summed E-state index contributed by atoms with van der Waals surface area (Å²) in [6, 6.07) is 6.37. The first-order valence-electron chi connectivity index (χ1n) is 7.07. The fraction of sp³-hybridized carbons (Fsp3) is 0.333. The van der Waals surface area contributed by atoms with Crippen LogP contribution >= 0.6 is 0 Å². The fourth-order valence-corrected chi connectivity index (χ4v) is 3.26. The van der Waals surface area contributed by atoms with E-state index >= 15 is 0 Å². The summed E-state index contributed by atoms with van der Waals surface area (Å²) in [4.78, 5) is 23.1. The number of sulfonamides is 1. The summed E-state index contributed by atoms with van der Waals surface area (Å²) >= 11 is 0. The Morgan fingerprint density at radius 1 is 1.30 bits per heavy atom. The van der Waals surface area contributed by atoms with Gasteiger partial charge in [0.2, 0.25) is 10.0 Å². The van der Waals surface area contributed by atoms with Gasteiger partial charge in [-0.05, 0) is 25.0 Å². The predicted octanol–water partition coefficient (Wildman–Crippen LogP) is 1.05. The van der Waals surface area contributed by atoms with Gasteiger partial charge in [0, 0.05) is 12.6 Å². The van der Waals surface area contributed by atoms with Crippen molar-refractivity contribution in [1.82, 2.24) is 5.32 Å². The van der Waals surface area contributed by atoms with E-state index in [1.165, 1.54) is 25.3 Å². The number of carbonyl (C=O) groups excluding carboxylic acids is 2. The highest BCUT2D eigenvalue weighted by Gasteiger charge is 2.36. The zero-order chi connectivity index (χ0) is 16.9. The van der Waals surface area contributed by atoms with Crippen molar-refractivity contribution >= 4 is 27.6 Å². The van der Waals surface area contributed by atoms with Gasteiger partial charge in [-0.15, -0.1) is 0 Å². The van der Waals surface area contributed by atoms with Gasteiger partial charge in [0.25, 0.3) is 5.91 Å². The molecule has 0 atom stereocenters. The minimum atomic E-state index is -3.44. The molecule has 2 rings (SSSR count). The van der Waals surface area contributed by atoms with E-state index in [9.17, 15) is 18.0 Å². The molecule has 7 nitrogen and oxygen atoms in total. The molecule has 8 heteroatoms. The Bertz CT molecular complexity index is 723. The molecular weight excluding hydrogens is 320 g/mol. The molecule has 1 aromatic carbocycles. The van der Waals surface area contributed by atoms with Crippen LogP contribution in [-0.4, -0.2) is 39.2 Å². The van der Waals surface area contributed by atoms with Crippen LogP contribution in [0.4, 0.5) is 5.69 Å². The highest BCUT2D eigenvalue weighted by Crippen LogP contribution is 2.30. The van der Waals surface area contributed by atoms with E-state index in [4.69, 9.17) is 0 Å². The number of nitrogens with one attached hydrogen (secondary N) is 2. The molecule has 0 radical (unpaired) electrons. The molecule has 1 aromatic rings. The van der Waals surface area contributed by atoms with Gasteiger partial charge in [0.15, 0.2) is 0 Å². The van der Waals surface area contributed by atoms with Crippen molar-refractivity contribution in [2.75, 3.05) is 18.4 Å². The Hall–Kier alpha value is -2.35. The lowest BCUT2D eigenvalue weighted by Gasteiger charge is -2.11. The summed E-state index contributed by atoms with van der Waals surface area (Å²) in [6.45, 7) is 0.123. The van der Waals surface area contributed by atoms with Crippen LogP contribution in [0.1, 0.15) is 23.2 Å². The number of carbonyl (C=O) groups is 2. The quantitative estimate of drug-likeness (QED) is 0.571. The Morgan fingerprint density at radius 3 is 2.65 bits per heavy atom. The monoisotopic (exact) mass is 338 g/mol. The maximum absolute atomic E-state index is 12.2. The highest BCUT2D eigenvalue weighted by atomic mass is 32.2. The number of para-hydroxylation sites is 1. The lowest BCUT2D eigenvalue weighted by Crippen LogP contribution is -2.26. The average molecular weight is 338 g/mol. The molecule has 0 aliphatic heterocycles. The number of anilines is 1. The van der Waals surface area contributed by atoms with Crippen LogP contribution in [0.2, 0.25) is 0 Å². The van der Waals surface area contributed by atoms with Gasteiger partial charge in [-0.1, -0.05) is 18.2 Å². The van der Waals surface area contributed by atoms with Crippen molar-refractivity contribution in [1.29, 1.82) is 0 Å². The second-order valence-electron chi connectivity index (χ2n) is 5.03. The largest absolute Gasteiger partial charge is 0.466 e. The van der Waals surface area contributed by atoms with Crippen molar-refractivity contribution in [3.05, 3.63) is 42.0 Å². The van der Waals surface area contributed by atoms with Crippen molar-refractivity contribution in [3.8, 4) is 0 Å². The Balaban J connectivity index is 2.03. The lowest BCUT2D eigenvalue weighted by molar-refractivity contribution is -0.134. The zero-order valence-electron chi connectivity index (χ0n) is 12.6. The van der Waals surface area contributed by atoms with E-state index in [1.54, 1.807) is 18.2 Å². The van der Waals surface area contributed by atoms with E-state index in [-0.39, 0.29) is 23.0 Å². The first-order valence-corrected chi connectivity index (χ1v) is 8.62. The van der Waals surface area contributed by atoms with Crippen LogP contribution in [0.15, 0.2) is 36.4 Å². The first kappa shape index (κ1) is 17.0. The molecule has 0 saturated heterocycles. The Morgan fingerprint density at radius 2 is 2.00 bits per heavy atom. The molecule has 0 spiro atoms. The second kappa shape index (κ2) is 7.28. The molecular formula is C15H18N2O5S. The summed E-state index contributed by atoms with van der Waals surface area (Å²) < 4.78 is 30.9. The van der Waals surface area contributed by atoms with Gasteiger partial charge in [-0.3, -0.25) is 9.52 Å². The van der Waals surface area contributed by atoms with Crippen LogP contribution in [0.25, 0.3) is 0 Å². The SMILES string of the molecule is COC(=O)/C=C/CNC(=O)c1ccccc1NS(=O)(=O)C1CC1. The molecule has 23 heavy (non-hydrogen) atoms. The molecule has 1 saturated carbocycles. The van der Waals surface area contributed by atoms with E-state index in [1.807, 2.05) is 0 Å². The van der Waals surface area contributed by atoms with Crippen molar-refractivity contribution in [2.24, 2.45) is 0 Å². The van der Waals surface area contributed by atoms with Crippen LogP contribution in [0.5, 0.6) is 0 Å². The van der Waals surface area contributed by atoms with Gasteiger partial charge < -0.3 is 10.1 Å². The molecule has 0 unspecified atom stereocenters. The van der Waals surface area contributed by atoms with Gasteiger partial charge in [-0.2, -0.15) is 0 Å². The van der Waals surface area contributed by atoms with E-state index in [2.05, 4.69) is 14.8 Å². The maximum Gasteiger partial charge on any atom is 0.330 e. The average Bonchev–Trinajstić information content (AvgIpc) is 3.36. The number of benzene rings is 1. The number of rotatable bonds is 7. The standard InChI is InChI=1S/C15H18N2O5S/c1-22-14(18)7-4-10-16-15(19)12-5-2-3-6-13(12)17-23(20,21)11-8-9-11/h2-7,11,17H,8-10H2,1H3,(H,16,19)/b7-4+. The number of esters is 1. The topological polar surface area (TPSA) is 102 Å². The zero-order valence-corrected chi connectivity index (χ0v) is 13.4. The van der Waals surface area contributed by atoms with Crippen LogP contribution < -0.4 is 10.0 Å². The summed E-state index contributed by atoms with van der Waals surface area (Å²) in [7, 11) is -2.18. The van der Waals surface area contributed by atoms with Crippen LogP contribution in [0.3, 0.4) is 0 Å². The first-order chi connectivity index (χ1) is 10.9. The molecule has 0 bridgehead atoms. The third-order valence-corrected chi connectivity index (χ3v) is 5.08. The Labute approximate surface area is 134 Å². The van der Waals surface area contributed by atoms with E-state index in [0.717, 1.165) is 0 Å². The molecule has 0 heterocycles. The summed E-state index contributed by atoms with van der Waals surface area (Å²) in [5.41, 5.74) is 0.469. The number of amides is 1. The number of hydrogen-bond donors (Lipinski definition) is 2. The summed E-state index contributed by atoms with van der Waals surface area (Å²) in [5.74, 6) is -0.953. The van der Waals surface area contributed by atoms with E-state index < -0.39 is 21.9 Å². The third kappa shape index (κ3) is 4.82. The number of hydrogen-bond acceptors (Lipinski definition) is 5. The van der Waals surface area contributed by atoms with Gasteiger partial charge in [-0.25, -0.2) is 13.2 Å². The Kier molecular flexibility index (Phi) is 5.38. The summed E-state index contributed by atoms with van der Waals surface area (Å²) in [6.07, 6.45) is 3.92. The number of methoxy groups -OCH3 is 1. The molecule has 1 aliphatic rings. The van der Waals surface area contributed by atoms with Gasteiger partial charge >= 0.3 is 5.97 Å². The fourth-order valence-electron chi connectivity index (χ4n) is 1.86. The highest BCUT2D eigenvalue weighted by molar-refractivity contribution is 7.93. The molecule has 124 valence electrons. The molecule has 1 fully saturated rings. The molecule has 0 aromatic heterocycles. The van der Waals surface area contributed by atoms with Crippen molar-refractivity contribution in [2.45, 2.75) is 18.1 Å². The number of ether oxygens (including phenoxy) is 1.